The summed E-state index contributed by atoms with van der Waals surface area (Å²) in [5.41, 5.74) is 0. The van der Waals surface area contributed by atoms with Crippen molar-refractivity contribution in [2.45, 2.75) is 0 Å². The normalized spacial score (nSPS) is 10.8. The Morgan fingerprint density at radius 3 is 1.19 bits per heavy atom. The smallest absolute Gasteiger partial charge is 0.480 e. The minimum Gasteiger partial charge on any atom is -0.480 e. The fourth-order valence-electron chi connectivity index (χ4n) is 2.94. The van der Waals surface area contributed by atoms with Gasteiger partial charge in [0.1, 0.15) is 0 Å². The number of carbonyl (C=O) groups excluding carboxylic acids is 2. The summed E-state index contributed by atoms with van der Waals surface area (Å²) in [7, 11) is 2.96. The summed E-state index contributed by atoms with van der Waals surface area (Å²) in [6, 6.07) is 0. The first-order valence-corrected chi connectivity index (χ1v) is 10.9. The molecule has 0 aromatic carbocycles. The zero-order valence-corrected chi connectivity index (χ0v) is 22.9. The molecule has 2 amide bonds. The molecule has 1 radical (unpaired) electrons. The minimum absolute atomic E-state index is 0. The maximum Gasteiger partial charge on any atom is 3.00 e. The summed E-state index contributed by atoms with van der Waals surface area (Å²) in [6.07, 6.45) is 0. The first-order chi connectivity index (χ1) is 16.6. The van der Waals surface area contributed by atoms with Gasteiger partial charge in [-0.25, -0.2) is 0 Å². The van der Waals surface area contributed by atoms with Crippen LogP contribution in [0.3, 0.4) is 0 Å². The predicted molar refractivity (Wildman–Crippen MR) is 122 cm³/mol. The Morgan fingerprint density at radius 2 is 0.889 bits per heavy atom. The average Bonchev–Trinajstić information content (AvgIpc) is 2.74. The molecule has 0 aliphatic heterocycles. The maximum absolute atomic E-state index is 12.0. The molecule has 0 bridgehead atoms. The van der Waals surface area contributed by atoms with Gasteiger partial charge in [0.25, 0.3) is 0 Å². The van der Waals surface area contributed by atoms with E-state index in [1.54, 1.807) is 0 Å². The number of aliphatic carboxylic acids is 3. The molecule has 0 saturated carbocycles. The number of amides is 2. The van der Waals surface area contributed by atoms with Crippen molar-refractivity contribution in [3.05, 3.63) is 0 Å². The molecular formula is C20H37GdN5O10+3. The maximum atomic E-state index is 12.0. The number of nitrogens with zero attached hydrogens (tertiary/aromatic N) is 3. The number of hydrogen-bond acceptors (Lipinski definition) is 10. The van der Waals surface area contributed by atoms with Crippen LogP contribution in [0.5, 0.6) is 0 Å². The van der Waals surface area contributed by atoms with Crippen LogP contribution in [-0.4, -0.2) is 159 Å². The molecule has 0 fully saturated rings. The van der Waals surface area contributed by atoms with E-state index in [-0.39, 0.29) is 98.8 Å². The number of carbonyl (C=O) groups is 5. The van der Waals surface area contributed by atoms with Crippen LogP contribution in [0, 0.1) is 39.9 Å². The number of rotatable bonds is 22. The van der Waals surface area contributed by atoms with E-state index in [0.29, 0.717) is 13.2 Å². The third kappa shape index (κ3) is 21.7. The van der Waals surface area contributed by atoms with E-state index in [2.05, 4.69) is 10.6 Å². The van der Waals surface area contributed by atoms with Crippen LogP contribution in [0.1, 0.15) is 0 Å². The first kappa shape index (κ1) is 36.6. The molecule has 0 heterocycles. The van der Waals surface area contributed by atoms with Crippen LogP contribution in [0.4, 0.5) is 0 Å². The van der Waals surface area contributed by atoms with Crippen LogP contribution in [-0.2, 0) is 33.4 Å². The number of carboxylic acids is 3. The Kier molecular flexibility index (Phi) is 23.1. The monoisotopic (exact) mass is 665 g/mol. The molecule has 5 N–H and O–H groups in total. The van der Waals surface area contributed by atoms with Crippen molar-refractivity contribution in [3.8, 4) is 0 Å². The Bertz CT molecular complexity index is 637. The van der Waals surface area contributed by atoms with Crippen molar-refractivity contribution in [1.82, 2.24) is 25.3 Å². The molecular weight excluding hydrogens is 627 g/mol. The topological polar surface area (TPSA) is 198 Å². The van der Waals surface area contributed by atoms with Crippen molar-refractivity contribution in [3.63, 3.8) is 0 Å². The summed E-state index contributed by atoms with van der Waals surface area (Å²) in [5, 5.41) is 32.7. The van der Waals surface area contributed by atoms with Gasteiger partial charge in [0.15, 0.2) is 0 Å². The molecule has 0 atom stereocenters. The van der Waals surface area contributed by atoms with Crippen LogP contribution in [0.2, 0.25) is 0 Å². The van der Waals surface area contributed by atoms with Crippen molar-refractivity contribution in [1.29, 1.82) is 0 Å². The van der Waals surface area contributed by atoms with Gasteiger partial charge in [-0.05, 0) is 0 Å². The number of ether oxygens (including phenoxy) is 2. The number of nitrogens with one attached hydrogen (secondary N) is 2. The largest absolute Gasteiger partial charge is 3.00 e. The first-order valence-electron chi connectivity index (χ1n) is 10.9. The van der Waals surface area contributed by atoms with E-state index in [9.17, 15) is 29.1 Å². The fraction of sp³-hybridized carbons (Fsp3) is 0.750. The molecule has 207 valence electrons. The molecule has 15 nitrogen and oxygen atoms in total. The SMILES string of the molecule is COCCNC(=O)CN(CCN(CCN(CC(=O)O)CC(=O)NCCOC)CC(=O)O)CC(=O)O.[Gd+3]. The summed E-state index contributed by atoms with van der Waals surface area (Å²) in [6.45, 7) is -0.159. The Morgan fingerprint density at radius 1 is 0.583 bits per heavy atom. The van der Waals surface area contributed by atoms with E-state index in [0.717, 1.165) is 0 Å². The summed E-state index contributed by atoms with van der Waals surface area (Å²) in [4.78, 5) is 61.9. The van der Waals surface area contributed by atoms with Crippen LogP contribution >= 0.6 is 0 Å². The molecule has 0 aromatic rings. The molecule has 0 saturated heterocycles. The van der Waals surface area contributed by atoms with Crippen LogP contribution in [0.25, 0.3) is 0 Å². The average molecular weight is 665 g/mol. The molecule has 0 rings (SSSR count). The van der Waals surface area contributed by atoms with Crippen molar-refractivity contribution < 1.29 is 88.7 Å². The van der Waals surface area contributed by atoms with E-state index in [1.165, 1.54) is 28.9 Å². The Labute approximate surface area is 242 Å². The van der Waals surface area contributed by atoms with Crippen LogP contribution in [0.15, 0.2) is 0 Å². The van der Waals surface area contributed by atoms with Gasteiger partial charge in [-0.1, -0.05) is 0 Å². The number of carboxylic acid groups (broad SMARTS) is 3. The van der Waals surface area contributed by atoms with Gasteiger partial charge in [-0.15, -0.1) is 0 Å². The molecule has 0 spiro atoms. The molecule has 0 aliphatic carbocycles. The van der Waals surface area contributed by atoms with Crippen LogP contribution < -0.4 is 10.6 Å². The van der Waals surface area contributed by atoms with E-state index < -0.39 is 42.8 Å². The summed E-state index contributed by atoms with van der Waals surface area (Å²) in [5.74, 6) is -4.23. The van der Waals surface area contributed by atoms with Gasteiger partial charge in [0.2, 0.25) is 11.8 Å². The molecule has 16 heteroatoms. The second-order valence-electron chi connectivity index (χ2n) is 7.56. The van der Waals surface area contributed by atoms with Gasteiger partial charge in [0, 0.05) is 53.5 Å². The molecule has 36 heavy (non-hydrogen) atoms. The van der Waals surface area contributed by atoms with E-state index in [1.807, 2.05) is 0 Å². The fourth-order valence-corrected chi connectivity index (χ4v) is 2.94. The van der Waals surface area contributed by atoms with E-state index >= 15 is 0 Å². The summed E-state index contributed by atoms with van der Waals surface area (Å²) >= 11 is 0. The van der Waals surface area contributed by atoms with Gasteiger partial charge in [0.05, 0.1) is 45.9 Å². The zero-order valence-electron chi connectivity index (χ0n) is 20.6. The van der Waals surface area contributed by atoms with Gasteiger partial charge < -0.3 is 35.4 Å². The Balaban J connectivity index is 0. The predicted octanol–water partition coefficient (Wildman–Crippen LogP) is -3.33. The summed E-state index contributed by atoms with van der Waals surface area (Å²) < 4.78 is 9.68. The van der Waals surface area contributed by atoms with Gasteiger partial charge in [-0.2, -0.15) is 0 Å². The Hall–Kier alpha value is -1.53. The number of hydrogen-bond donors (Lipinski definition) is 5. The third-order valence-corrected chi connectivity index (χ3v) is 4.53. The third-order valence-electron chi connectivity index (χ3n) is 4.53. The standard InChI is InChI=1S/C20H37N5O10.Gd/c1-34-9-3-21-16(26)11-24(14-19(30)31)7-5-23(13-18(28)29)6-8-25(15-20(32)33)12-17(27)22-4-10-35-2;/h3-15H2,1-2H3,(H,21,26)(H,22,27)(H,28,29)(H,30,31)(H,32,33);/q;+3. The van der Waals surface area contributed by atoms with E-state index in [4.69, 9.17) is 19.7 Å². The van der Waals surface area contributed by atoms with Crippen molar-refractivity contribution in [2.75, 3.05) is 99.4 Å². The van der Waals surface area contributed by atoms with Gasteiger partial charge >= 0.3 is 57.8 Å². The number of methoxy groups -OCH3 is 2. The quantitative estimate of drug-likeness (QED) is 0.0722. The van der Waals surface area contributed by atoms with Crippen molar-refractivity contribution >= 4 is 29.7 Å². The van der Waals surface area contributed by atoms with Gasteiger partial charge in [-0.3, -0.25) is 38.7 Å². The zero-order chi connectivity index (χ0) is 26.6. The molecule has 0 aromatic heterocycles. The second-order valence-corrected chi connectivity index (χ2v) is 7.56. The second kappa shape index (κ2) is 22.7. The van der Waals surface area contributed by atoms with Crippen molar-refractivity contribution in [2.24, 2.45) is 0 Å². The molecule has 0 unspecified atom stereocenters. The minimum atomic E-state index is -1.15. The molecule has 0 aliphatic rings.